The van der Waals surface area contributed by atoms with Crippen LogP contribution in [0.5, 0.6) is 0 Å². The van der Waals surface area contributed by atoms with E-state index in [4.69, 9.17) is 0 Å². The van der Waals surface area contributed by atoms with E-state index >= 15 is 0 Å². The van der Waals surface area contributed by atoms with Crippen molar-refractivity contribution in [1.29, 1.82) is 0 Å². The van der Waals surface area contributed by atoms with Crippen LogP contribution in [0.3, 0.4) is 0 Å². The number of allylic oxidation sites excluding steroid dienone is 1. The number of rotatable bonds is 8. The summed E-state index contributed by atoms with van der Waals surface area (Å²) in [6.07, 6.45) is 2.54. The van der Waals surface area contributed by atoms with Crippen molar-refractivity contribution in [3.63, 3.8) is 0 Å². The number of fused-ring (bicyclic) bond motifs is 1. The summed E-state index contributed by atoms with van der Waals surface area (Å²) in [4.78, 5) is 31.5. The Morgan fingerprint density at radius 1 is 1.39 bits per heavy atom. The van der Waals surface area contributed by atoms with E-state index in [2.05, 4.69) is 16.9 Å². The zero-order valence-electron chi connectivity index (χ0n) is 16.0. The van der Waals surface area contributed by atoms with E-state index in [9.17, 15) is 9.59 Å². The summed E-state index contributed by atoms with van der Waals surface area (Å²) < 4.78 is 1.58. The number of amides is 1. The molecule has 0 radical (unpaired) electrons. The minimum atomic E-state index is -0.104. The van der Waals surface area contributed by atoms with Crippen LogP contribution in [0.25, 0.3) is 20.7 Å². The number of benzene rings is 1. The Kier molecular flexibility index (Phi) is 6.70. The predicted molar refractivity (Wildman–Crippen MR) is 118 cm³/mol. The van der Waals surface area contributed by atoms with Crippen molar-refractivity contribution in [3.05, 3.63) is 59.4 Å². The van der Waals surface area contributed by atoms with Crippen molar-refractivity contribution in [2.24, 2.45) is 0 Å². The molecule has 1 unspecified atom stereocenters. The molecule has 5 nitrogen and oxygen atoms in total. The van der Waals surface area contributed by atoms with Crippen molar-refractivity contribution < 1.29 is 4.79 Å². The molecule has 146 valence electrons. The summed E-state index contributed by atoms with van der Waals surface area (Å²) in [5.41, 5.74) is 0.954. The average molecular weight is 414 g/mol. The summed E-state index contributed by atoms with van der Waals surface area (Å²) in [5.74, 6) is 0.158. The molecule has 0 aliphatic heterocycles. The van der Waals surface area contributed by atoms with Gasteiger partial charge in [-0.2, -0.15) is 0 Å². The third-order valence-electron chi connectivity index (χ3n) is 4.34. The number of hydrogen-bond acceptors (Lipinski definition) is 5. The first-order valence-electron chi connectivity index (χ1n) is 9.16. The van der Waals surface area contributed by atoms with Crippen LogP contribution >= 0.6 is 23.1 Å². The van der Waals surface area contributed by atoms with Crippen LogP contribution in [0.15, 0.2) is 59.0 Å². The Bertz CT molecular complexity index is 1040. The van der Waals surface area contributed by atoms with E-state index in [0.29, 0.717) is 21.9 Å². The minimum absolute atomic E-state index is 0.0602. The maximum Gasteiger partial charge on any atom is 0.263 e. The number of carbonyl (C=O) groups is 1. The molecule has 0 aliphatic rings. The van der Waals surface area contributed by atoms with Gasteiger partial charge < -0.3 is 5.32 Å². The van der Waals surface area contributed by atoms with E-state index in [0.717, 1.165) is 16.9 Å². The summed E-state index contributed by atoms with van der Waals surface area (Å²) in [5, 5.41) is 4.07. The van der Waals surface area contributed by atoms with Crippen LogP contribution in [-0.2, 0) is 11.3 Å². The second kappa shape index (κ2) is 9.21. The average Bonchev–Trinajstić information content (AvgIpc) is 3.14. The maximum absolute atomic E-state index is 13.0. The van der Waals surface area contributed by atoms with E-state index in [1.165, 1.54) is 23.1 Å². The number of thiophene rings is 1. The van der Waals surface area contributed by atoms with Gasteiger partial charge in [0.2, 0.25) is 5.91 Å². The molecule has 2 aromatic heterocycles. The first-order chi connectivity index (χ1) is 13.5. The molecule has 1 aromatic carbocycles. The topological polar surface area (TPSA) is 64.0 Å². The van der Waals surface area contributed by atoms with Gasteiger partial charge in [0.25, 0.3) is 5.56 Å². The molecule has 0 bridgehead atoms. The zero-order chi connectivity index (χ0) is 20.1. The molecule has 3 rings (SSSR count). The van der Waals surface area contributed by atoms with Gasteiger partial charge in [-0.15, -0.1) is 17.9 Å². The number of carbonyl (C=O) groups excluding carboxylic acids is 1. The van der Waals surface area contributed by atoms with E-state index < -0.39 is 0 Å². The fraction of sp³-hybridized carbons (Fsp3) is 0.286. The molecule has 1 atom stereocenters. The largest absolute Gasteiger partial charge is 0.353 e. The molecule has 7 heteroatoms. The molecule has 0 saturated carbocycles. The monoisotopic (exact) mass is 413 g/mol. The maximum atomic E-state index is 13.0. The number of nitrogens with zero attached hydrogens (tertiary/aromatic N) is 2. The van der Waals surface area contributed by atoms with Crippen molar-refractivity contribution in [1.82, 2.24) is 14.9 Å². The van der Waals surface area contributed by atoms with Gasteiger partial charge in [0.05, 0.1) is 11.1 Å². The van der Waals surface area contributed by atoms with Gasteiger partial charge in [0.15, 0.2) is 5.16 Å². The second-order valence-corrected chi connectivity index (χ2v) is 8.43. The lowest BCUT2D eigenvalue weighted by Gasteiger charge is -2.12. The third kappa shape index (κ3) is 4.54. The Morgan fingerprint density at radius 3 is 2.82 bits per heavy atom. The molecule has 0 spiro atoms. The molecule has 2 heterocycles. The lowest BCUT2D eigenvalue weighted by molar-refractivity contribution is -0.119. The smallest absolute Gasteiger partial charge is 0.263 e. The first-order valence-corrected chi connectivity index (χ1v) is 11.0. The normalized spacial score (nSPS) is 12.1. The Labute approximate surface area is 172 Å². The lowest BCUT2D eigenvalue weighted by atomic mass is 10.2. The van der Waals surface area contributed by atoms with Crippen LogP contribution in [-0.4, -0.2) is 27.3 Å². The van der Waals surface area contributed by atoms with Gasteiger partial charge in [0, 0.05) is 17.5 Å². The van der Waals surface area contributed by atoms with Gasteiger partial charge in [0.1, 0.15) is 4.83 Å². The Balaban J connectivity index is 1.95. The second-order valence-electron chi connectivity index (χ2n) is 6.46. The van der Waals surface area contributed by atoms with Crippen molar-refractivity contribution in [3.8, 4) is 10.4 Å². The number of nitrogens with one attached hydrogen (secondary N) is 1. The molecule has 1 N–H and O–H groups in total. The number of hydrogen-bond donors (Lipinski definition) is 1. The predicted octanol–water partition coefficient (Wildman–Crippen LogP) is 4.32. The first kappa shape index (κ1) is 20.4. The SMILES string of the molecule is C=CCn1c(SCC(=O)NC(C)CC)nc2sc(-c3ccccc3)cc2c1=O. The molecular formula is C21H23N3O2S2. The molecule has 1 amide bonds. The highest BCUT2D eigenvalue weighted by atomic mass is 32.2. The molecule has 28 heavy (non-hydrogen) atoms. The summed E-state index contributed by atoms with van der Waals surface area (Å²) in [6.45, 7) is 8.09. The molecule has 0 fully saturated rings. The van der Waals surface area contributed by atoms with Crippen LogP contribution < -0.4 is 10.9 Å². The van der Waals surface area contributed by atoms with Gasteiger partial charge in [-0.3, -0.25) is 14.2 Å². The van der Waals surface area contributed by atoms with Crippen molar-refractivity contribution in [2.75, 3.05) is 5.75 Å². The third-order valence-corrected chi connectivity index (χ3v) is 6.39. The van der Waals surface area contributed by atoms with Crippen LogP contribution in [0.2, 0.25) is 0 Å². The van der Waals surface area contributed by atoms with Crippen LogP contribution in [0.4, 0.5) is 0 Å². The van der Waals surface area contributed by atoms with Crippen molar-refractivity contribution >= 4 is 39.2 Å². The highest BCUT2D eigenvalue weighted by molar-refractivity contribution is 7.99. The fourth-order valence-electron chi connectivity index (χ4n) is 2.69. The van der Waals surface area contributed by atoms with E-state index in [1.54, 1.807) is 10.6 Å². The summed E-state index contributed by atoms with van der Waals surface area (Å²) in [7, 11) is 0. The van der Waals surface area contributed by atoms with Gasteiger partial charge in [-0.05, 0) is 25.0 Å². The van der Waals surface area contributed by atoms with Gasteiger partial charge in [-0.25, -0.2) is 4.98 Å². The quantitative estimate of drug-likeness (QED) is 0.339. The number of aromatic nitrogens is 2. The fourth-order valence-corrected chi connectivity index (χ4v) is 4.59. The Morgan fingerprint density at radius 2 is 2.14 bits per heavy atom. The summed E-state index contributed by atoms with van der Waals surface area (Å²) in [6, 6.07) is 12.0. The molecule has 3 aromatic rings. The lowest BCUT2D eigenvalue weighted by Crippen LogP contribution is -2.33. The molecular weight excluding hydrogens is 390 g/mol. The minimum Gasteiger partial charge on any atom is -0.353 e. The van der Waals surface area contributed by atoms with Crippen LogP contribution in [0, 0.1) is 0 Å². The molecule has 0 saturated heterocycles. The van der Waals surface area contributed by atoms with E-state index in [1.807, 2.05) is 50.2 Å². The Hall–Kier alpha value is -2.38. The highest BCUT2D eigenvalue weighted by Crippen LogP contribution is 2.32. The van der Waals surface area contributed by atoms with Gasteiger partial charge in [-0.1, -0.05) is 55.1 Å². The van der Waals surface area contributed by atoms with E-state index in [-0.39, 0.29) is 23.3 Å². The summed E-state index contributed by atoms with van der Waals surface area (Å²) >= 11 is 2.77. The number of thioether (sulfide) groups is 1. The molecule has 0 aliphatic carbocycles. The van der Waals surface area contributed by atoms with Crippen molar-refractivity contribution in [2.45, 2.75) is 38.0 Å². The highest BCUT2D eigenvalue weighted by Gasteiger charge is 2.16. The van der Waals surface area contributed by atoms with Gasteiger partial charge >= 0.3 is 0 Å². The van der Waals surface area contributed by atoms with Crippen LogP contribution in [0.1, 0.15) is 20.3 Å². The standard InChI is InChI=1S/C21H23N3O2S2/c1-4-11-24-20(26)16-12-17(15-9-7-6-8-10-15)28-19(16)23-21(24)27-13-18(25)22-14(3)5-2/h4,6-10,12,14H,1,5,11,13H2,2-3H3,(H,22,25). The zero-order valence-corrected chi connectivity index (χ0v) is 17.6.